The Morgan fingerprint density at radius 2 is 2.18 bits per heavy atom. The molecule has 1 heterocycles. The Morgan fingerprint density at radius 3 is 2.71 bits per heavy atom. The standard InChI is InChI=1S/C14H22O3/c1-10(2)9-12(8-7-11(3)15)13-5-4-6-14(16)17-13/h9-10,13H,4-8H2,1-3H3/b12-9+. The lowest BCUT2D eigenvalue weighted by atomic mass is 9.94. The molecule has 1 unspecified atom stereocenters. The lowest BCUT2D eigenvalue weighted by Gasteiger charge is -2.25. The first-order chi connectivity index (χ1) is 7.99. The summed E-state index contributed by atoms with van der Waals surface area (Å²) >= 11 is 0. The number of cyclic esters (lactones) is 1. The molecular weight excluding hydrogens is 216 g/mol. The molecule has 3 heteroatoms. The molecule has 0 spiro atoms. The number of ketones is 1. The summed E-state index contributed by atoms with van der Waals surface area (Å²) in [4.78, 5) is 22.3. The zero-order valence-electron chi connectivity index (χ0n) is 11.0. The Balaban J connectivity index is 2.67. The molecule has 0 N–H and O–H groups in total. The molecule has 1 fully saturated rings. The minimum atomic E-state index is -0.112. The van der Waals surface area contributed by atoms with Gasteiger partial charge >= 0.3 is 5.97 Å². The highest BCUT2D eigenvalue weighted by molar-refractivity contribution is 5.75. The second-order valence-electron chi connectivity index (χ2n) is 5.06. The van der Waals surface area contributed by atoms with Crippen LogP contribution in [0.2, 0.25) is 0 Å². The molecule has 0 aliphatic carbocycles. The third-order valence-electron chi connectivity index (χ3n) is 2.85. The summed E-state index contributed by atoms with van der Waals surface area (Å²) in [7, 11) is 0. The lowest BCUT2D eigenvalue weighted by molar-refractivity contribution is -0.151. The molecule has 96 valence electrons. The van der Waals surface area contributed by atoms with Gasteiger partial charge in [0.15, 0.2) is 0 Å². The van der Waals surface area contributed by atoms with Crippen molar-refractivity contribution in [1.29, 1.82) is 0 Å². The van der Waals surface area contributed by atoms with Crippen molar-refractivity contribution in [3.63, 3.8) is 0 Å². The maximum Gasteiger partial charge on any atom is 0.306 e. The maximum absolute atomic E-state index is 11.3. The van der Waals surface area contributed by atoms with Crippen molar-refractivity contribution in [2.24, 2.45) is 5.92 Å². The van der Waals surface area contributed by atoms with Gasteiger partial charge in [0.25, 0.3) is 0 Å². The summed E-state index contributed by atoms with van der Waals surface area (Å²) in [6, 6.07) is 0. The molecule has 0 aromatic heterocycles. The van der Waals surface area contributed by atoms with Crippen LogP contribution in [0.1, 0.15) is 52.9 Å². The monoisotopic (exact) mass is 238 g/mol. The summed E-state index contributed by atoms with van der Waals surface area (Å²) < 4.78 is 5.36. The molecular formula is C14H22O3. The van der Waals surface area contributed by atoms with Crippen molar-refractivity contribution in [3.05, 3.63) is 11.6 Å². The fraction of sp³-hybridized carbons (Fsp3) is 0.714. The van der Waals surface area contributed by atoms with Crippen LogP contribution in [-0.4, -0.2) is 17.9 Å². The van der Waals surface area contributed by atoms with Crippen molar-refractivity contribution in [3.8, 4) is 0 Å². The number of hydrogen-bond donors (Lipinski definition) is 0. The second-order valence-corrected chi connectivity index (χ2v) is 5.06. The van der Waals surface area contributed by atoms with E-state index in [2.05, 4.69) is 19.9 Å². The van der Waals surface area contributed by atoms with Crippen molar-refractivity contribution in [2.45, 2.75) is 59.0 Å². The van der Waals surface area contributed by atoms with Crippen LogP contribution in [0.15, 0.2) is 11.6 Å². The van der Waals surface area contributed by atoms with E-state index in [9.17, 15) is 9.59 Å². The predicted molar refractivity (Wildman–Crippen MR) is 66.6 cm³/mol. The highest BCUT2D eigenvalue weighted by Gasteiger charge is 2.23. The fourth-order valence-electron chi connectivity index (χ4n) is 2.07. The van der Waals surface area contributed by atoms with Gasteiger partial charge in [-0.25, -0.2) is 0 Å². The minimum Gasteiger partial charge on any atom is -0.458 e. The van der Waals surface area contributed by atoms with Crippen LogP contribution >= 0.6 is 0 Å². The molecule has 1 rings (SSSR count). The number of allylic oxidation sites excluding steroid dienone is 1. The molecule has 1 atom stereocenters. The summed E-state index contributed by atoms with van der Waals surface area (Å²) in [6.45, 7) is 5.79. The van der Waals surface area contributed by atoms with Gasteiger partial charge in [-0.1, -0.05) is 19.9 Å². The van der Waals surface area contributed by atoms with Gasteiger partial charge in [-0.05, 0) is 37.7 Å². The molecule has 0 radical (unpaired) electrons. The molecule has 0 bridgehead atoms. The van der Waals surface area contributed by atoms with Gasteiger partial charge in [0, 0.05) is 12.8 Å². The molecule has 1 aliphatic rings. The summed E-state index contributed by atoms with van der Waals surface area (Å²) in [5, 5.41) is 0. The number of hydrogen-bond acceptors (Lipinski definition) is 3. The SMILES string of the molecule is CC(=O)CC/C(=C\C(C)C)C1CCCC(=O)O1. The maximum atomic E-state index is 11.3. The van der Waals surface area contributed by atoms with E-state index in [1.807, 2.05) is 0 Å². The fourth-order valence-corrected chi connectivity index (χ4v) is 2.07. The zero-order valence-corrected chi connectivity index (χ0v) is 11.0. The Morgan fingerprint density at radius 1 is 1.47 bits per heavy atom. The summed E-state index contributed by atoms with van der Waals surface area (Å²) in [6.07, 6.45) is 5.59. The smallest absolute Gasteiger partial charge is 0.306 e. The molecule has 0 amide bonds. The molecule has 0 saturated carbocycles. The summed E-state index contributed by atoms with van der Waals surface area (Å²) in [5.41, 5.74) is 1.11. The van der Waals surface area contributed by atoms with Crippen LogP contribution in [0.3, 0.4) is 0 Å². The van der Waals surface area contributed by atoms with Crippen molar-refractivity contribution >= 4 is 11.8 Å². The van der Waals surface area contributed by atoms with Crippen LogP contribution < -0.4 is 0 Å². The van der Waals surface area contributed by atoms with Gasteiger partial charge in [-0.15, -0.1) is 0 Å². The van der Waals surface area contributed by atoms with E-state index < -0.39 is 0 Å². The number of carbonyl (C=O) groups excluding carboxylic acids is 2. The van der Waals surface area contributed by atoms with Gasteiger partial charge in [0.05, 0.1) is 0 Å². The molecule has 0 aromatic carbocycles. The molecule has 1 saturated heterocycles. The molecule has 3 nitrogen and oxygen atoms in total. The Labute approximate surface area is 103 Å². The van der Waals surface area contributed by atoms with Crippen molar-refractivity contribution in [2.75, 3.05) is 0 Å². The molecule has 1 aliphatic heterocycles. The average molecular weight is 238 g/mol. The van der Waals surface area contributed by atoms with E-state index in [-0.39, 0.29) is 17.9 Å². The van der Waals surface area contributed by atoms with Gasteiger partial charge in [0.1, 0.15) is 11.9 Å². The Hall–Kier alpha value is -1.12. The van der Waals surface area contributed by atoms with Gasteiger partial charge in [-0.3, -0.25) is 4.79 Å². The van der Waals surface area contributed by atoms with Gasteiger partial charge in [0.2, 0.25) is 0 Å². The van der Waals surface area contributed by atoms with E-state index >= 15 is 0 Å². The van der Waals surface area contributed by atoms with Crippen LogP contribution in [0.5, 0.6) is 0 Å². The van der Waals surface area contributed by atoms with Crippen molar-refractivity contribution in [1.82, 2.24) is 0 Å². The van der Waals surface area contributed by atoms with Gasteiger partial charge in [-0.2, -0.15) is 0 Å². The number of carbonyl (C=O) groups is 2. The van der Waals surface area contributed by atoms with Crippen molar-refractivity contribution < 1.29 is 14.3 Å². The minimum absolute atomic E-state index is 0.0991. The van der Waals surface area contributed by atoms with E-state index in [0.717, 1.165) is 18.4 Å². The van der Waals surface area contributed by atoms with Crippen LogP contribution in [-0.2, 0) is 14.3 Å². The van der Waals surface area contributed by atoms with Gasteiger partial charge < -0.3 is 9.53 Å². The summed E-state index contributed by atoms with van der Waals surface area (Å²) in [5.74, 6) is 0.484. The van der Waals surface area contributed by atoms with E-state index in [1.165, 1.54) is 0 Å². The van der Waals surface area contributed by atoms with Crippen LogP contribution in [0.4, 0.5) is 0 Å². The number of ether oxygens (including phenoxy) is 1. The quantitative estimate of drug-likeness (QED) is 0.546. The third kappa shape index (κ3) is 5.16. The second kappa shape index (κ2) is 6.58. The van der Waals surface area contributed by atoms with Crippen LogP contribution in [0, 0.1) is 5.92 Å². The number of esters is 1. The number of rotatable bonds is 5. The third-order valence-corrected chi connectivity index (χ3v) is 2.85. The Kier molecular flexibility index (Phi) is 5.39. The molecule has 0 aromatic rings. The lowest BCUT2D eigenvalue weighted by Crippen LogP contribution is -2.26. The van der Waals surface area contributed by atoms with Crippen LogP contribution in [0.25, 0.3) is 0 Å². The van der Waals surface area contributed by atoms with E-state index in [1.54, 1.807) is 6.92 Å². The average Bonchev–Trinajstić information content (AvgIpc) is 2.23. The molecule has 17 heavy (non-hydrogen) atoms. The normalized spacial score (nSPS) is 21.5. The van der Waals surface area contributed by atoms with E-state index in [0.29, 0.717) is 25.2 Å². The largest absolute Gasteiger partial charge is 0.458 e. The highest BCUT2D eigenvalue weighted by Crippen LogP contribution is 2.25. The first-order valence-corrected chi connectivity index (χ1v) is 6.38. The van der Waals surface area contributed by atoms with E-state index in [4.69, 9.17) is 4.74 Å². The predicted octanol–water partition coefficient (Wildman–Crippen LogP) is 3.03. The zero-order chi connectivity index (χ0) is 12.8. The Bertz CT molecular complexity index is 315. The first kappa shape index (κ1) is 13.9. The topological polar surface area (TPSA) is 43.4 Å². The first-order valence-electron chi connectivity index (χ1n) is 6.38. The number of Topliss-reactive ketones (excluding diaryl/α,β-unsaturated/α-hetero) is 1. The highest BCUT2D eigenvalue weighted by atomic mass is 16.5.